The van der Waals surface area contributed by atoms with E-state index in [1.807, 2.05) is 13.8 Å². The molecular formula is C23H37NO3SSi. The van der Waals surface area contributed by atoms with E-state index in [9.17, 15) is 8.42 Å². The van der Waals surface area contributed by atoms with Crippen LogP contribution < -0.4 is 0 Å². The fourth-order valence-electron chi connectivity index (χ4n) is 4.11. The molecule has 0 saturated heterocycles. The highest BCUT2D eigenvalue weighted by molar-refractivity contribution is 7.89. The summed E-state index contributed by atoms with van der Waals surface area (Å²) in [5, 5.41) is 0. The summed E-state index contributed by atoms with van der Waals surface area (Å²) >= 11 is 0. The minimum absolute atomic E-state index is 0.0164. The van der Waals surface area contributed by atoms with Crippen LogP contribution in [0.4, 0.5) is 0 Å². The number of hydrogen-bond acceptors (Lipinski definition) is 3. The van der Waals surface area contributed by atoms with Crippen LogP contribution in [0.5, 0.6) is 0 Å². The predicted molar refractivity (Wildman–Crippen MR) is 125 cm³/mol. The lowest BCUT2D eigenvalue weighted by Gasteiger charge is -2.41. The summed E-state index contributed by atoms with van der Waals surface area (Å²) in [7, 11) is -5.73. The normalized spacial score (nSPS) is 13.4. The van der Waals surface area contributed by atoms with Gasteiger partial charge < -0.3 is 4.43 Å². The molecule has 0 aliphatic heterocycles. The molecule has 0 radical (unpaired) electrons. The van der Waals surface area contributed by atoms with Gasteiger partial charge in [-0.05, 0) is 48.2 Å². The zero-order valence-electron chi connectivity index (χ0n) is 19.2. The fraction of sp³-hybridized carbons (Fsp3) is 0.565. The third-order valence-corrected chi connectivity index (χ3v) is 13.3. The number of terminal acetylenes is 1. The molecule has 4 nitrogen and oxygen atoms in total. The van der Waals surface area contributed by atoms with Gasteiger partial charge in [-0.25, -0.2) is 8.42 Å². The van der Waals surface area contributed by atoms with E-state index < -0.39 is 18.3 Å². The van der Waals surface area contributed by atoms with Gasteiger partial charge in [0.25, 0.3) is 8.32 Å². The molecule has 0 bridgehead atoms. The average Bonchev–Trinajstić information content (AvgIpc) is 2.61. The van der Waals surface area contributed by atoms with Crippen LogP contribution in [0, 0.1) is 19.3 Å². The molecule has 1 rings (SSSR count). The maximum atomic E-state index is 13.1. The van der Waals surface area contributed by atoms with Crippen molar-refractivity contribution in [1.82, 2.24) is 4.31 Å². The Bertz CT molecular complexity index is 812. The van der Waals surface area contributed by atoms with E-state index in [-0.39, 0.29) is 18.0 Å². The summed E-state index contributed by atoms with van der Waals surface area (Å²) in [6.07, 6.45) is 7.24. The van der Waals surface area contributed by atoms with E-state index in [4.69, 9.17) is 10.8 Å². The van der Waals surface area contributed by atoms with E-state index in [2.05, 4.69) is 47.5 Å². The second kappa shape index (κ2) is 10.5. The van der Waals surface area contributed by atoms with E-state index in [1.165, 1.54) is 4.31 Å². The number of rotatable bonds is 10. The maximum Gasteiger partial charge on any atom is 0.257 e. The maximum absolute atomic E-state index is 13.1. The molecule has 0 spiro atoms. The first-order valence-electron chi connectivity index (χ1n) is 10.2. The lowest BCUT2D eigenvalue weighted by Crippen LogP contribution is -2.46. The van der Waals surface area contributed by atoms with Crippen molar-refractivity contribution in [2.45, 2.75) is 76.9 Å². The zero-order chi connectivity index (χ0) is 22.4. The van der Waals surface area contributed by atoms with Gasteiger partial charge in [0.05, 0.1) is 17.7 Å². The standard InChI is InChI=1S/C23H37NO3SSi/c1-10-15-24(28(25,26)23-13-11-21(8)12-14-23)16-22(9)17-27-29(18(2)3,19(4)5)20(6)7/h1,11-14,17-20H,15-16H2,2-9H3/b22-17+. The summed E-state index contributed by atoms with van der Waals surface area (Å²) in [4.78, 5) is 0.252. The molecule has 6 heteroatoms. The minimum atomic E-state index is -3.67. The fourth-order valence-corrected chi connectivity index (χ4v) is 10.7. The van der Waals surface area contributed by atoms with Gasteiger partial charge in [-0.2, -0.15) is 4.31 Å². The van der Waals surface area contributed by atoms with Crippen molar-refractivity contribution in [2.24, 2.45) is 0 Å². The van der Waals surface area contributed by atoms with Crippen LogP contribution in [0.15, 0.2) is 41.0 Å². The summed E-state index contributed by atoms with van der Waals surface area (Å²) in [5.41, 5.74) is 3.20. The number of sulfonamides is 1. The third-order valence-electron chi connectivity index (χ3n) is 5.52. The summed E-state index contributed by atoms with van der Waals surface area (Å²) < 4.78 is 34.0. The predicted octanol–water partition coefficient (Wildman–Crippen LogP) is 5.71. The molecule has 162 valence electrons. The van der Waals surface area contributed by atoms with Crippen LogP contribution in [0.1, 0.15) is 54.0 Å². The molecule has 0 aromatic heterocycles. The van der Waals surface area contributed by atoms with Gasteiger partial charge >= 0.3 is 0 Å². The number of hydrogen-bond donors (Lipinski definition) is 0. The van der Waals surface area contributed by atoms with Crippen molar-refractivity contribution in [3.63, 3.8) is 0 Å². The van der Waals surface area contributed by atoms with E-state index in [1.54, 1.807) is 30.5 Å². The Balaban J connectivity index is 3.15. The van der Waals surface area contributed by atoms with Crippen LogP contribution in [0.3, 0.4) is 0 Å². The van der Waals surface area contributed by atoms with Crippen LogP contribution in [0.25, 0.3) is 0 Å². The molecule has 1 aromatic carbocycles. The highest BCUT2D eigenvalue weighted by atomic mass is 32.2. The Kier molecular flexibility index (Phi) is 9.20. The van der Waals surface area contributed by atoms with Crippen molar-refractivity contribution < 1.29 is 12.8 Å². The van der Waals surface area contributed by atoms with Crippen LogP contribution in [-0.2, 0) is 14.4 Å². The number of nitrogens with zero attached hydrogens (tertiary/aromatic N) is 1. The molecule has 0 N–H and O–H groups in total. The van der Waals surface area contributed by atoms with E-state index in [0.717, 1.165) is 11.1 Å². The monoisotopic (exact) mass is 435 g/mol. The van der Waals surface area contributed by atoms with Crippen LogP contribution in [-0.4, -0.2) is 34.1 Å². The van der Waals surface area contributed by atoms with Crippen molar-refractivity contribution >= 4 is 18.3 Å². The second-order valence-electron chi connectivity index (χ2n) is 8.69. The lowest BCUT2D eigenvalue weighted by atomic mass is 10.2. The number of benzene rings is 1. The van der Waals surface area contributed by atoms with Crippen molar-refractivity contribution in [3.8, 4) is 12.3 Å². The summed E-state index contributed by atoms with van der Waals surface area (Å²) in [5.74, 6) is 2.47. The molecule has 0 aliphatic carbocycles. The Morgan fingerprint density at radius 3 is 2.00 bits per heavy atom. The smallest absolute Gasteiger partial charge is 0.257 e. The van der Waals surface area contributed by atoms with Crippen molar-refractivity contribution in [1.29, 1.82) is 0 Å². The largest absolute Gasteiger partial charge is 0.548 e. The van der Waals surface area contributed by atoms with Crippen LogP contribution in [0.2, 0.25) is 16.6 Å². The van der Waals surface area contributed by atoms with E-state index in [0.29, 0.717) is 16.6 Å². The van der Waals surface area contributed by atoms with Gasteiger partial charge in [-0.3, -0.25) is 0 Å². The van der Waals surface area contributed by atoms with E-state index >= 15 is 0 Å². The van der Waals surface area contributed by atoms with Gasteiger partial charge in [0, 0.05) is 6.54 Å². The topological polar surface area (TPSA) is 46.6 Å². The third kappa shape index (κ3) is 5.97. The quantitative estimate of drug-likeness (QED) is 0.268. The lowest BCUT2D eigenvalue weighted by molar-refractivity contribution is 0.404. The highest BCUT2D eigenvalue weighted by Crippen LogP contribution is 2.42. The molecular weight excluding hydrogens is 398 g/mol. The molecule has 0 saturated carbocycles. The van der Waals surface area contributed by atoms with Crippen molar-refractivity contribution in [3.05, 3.63) is 41.7 Å². The molecule has 0 heterocycles. The van der Waals surface area contributed by atoms with Gasteiger partial charge in [-0.15, -0.1) is 6.42 Å². The van der Waals surface area contributed by atoms with Gasteiger partial charge in [0.2, 0.25) is 10.0 Å². The molecule has 0 unspecified atom stereocenters. The summed E-state index contributed by atoms with van der Waals surface area (Å²) in [6, 6.07) is 6.83. The number of aryl methyl sites for hydroxylation is 1. The summed E-state index contributed by atoms with van der Waals surface area (Å²) in [6.45, 7) is 17.4. The first kappa shape index (κ1) is 25.5. The van der Waals surface area contributed by atoms with Crippen molar-refractivity contribution in [2.75, 3.05) is 13.1 Å². The van der Waals surface area contributed by atoms with Gasteiger partial charge in [0.1, 0.15) is 0 Å². The Morgan fingerprint density at radius 1 is 1.10 bits per heavy atom. The first-order chi connectivity index (χ1) is 13.4. The second-order valence-corrected chi connectivity index (χ2v) is 16.0. The van der Waals surface area contributed by atoms with Gasteiger partial charge in [0.15, 0.2) is 0 Å². The highest BCUT2D eigenvalue weighted by Gasteiger charge is 2.46. The molecule has 1 aromatic rings. The van der Waals surface area contributed by atoms with Crippen LogP contribution >= 0.6 is 0 Å². The minimum Gasteiger partial charge on any atom is -0.548 e. The Morgan fingerprint density at radius 2 is 1.59 bits per heavy atom. The zero-order valence-corrected chi connectivity index (χ0v) is 21.0. The SMILES string of the molecule is C#CCN(C/C(C)=C/O[Si](C(C)C)(C(C)C)C(C)C)S(=O)(=O)c1ccc(C)cc1. The molecule has 0 aliphatic rings. The molecule has 29 heavy (non-hydrogen) atoms. The average molecular weight is 436 g/mol. The molecule has 0 atom stereocenters. The molecule has 0 amide bonds. The van der Waals surface area contributed by atoms with Gasteiger partial charge in [-0.1, -0.05) is 65.2 Å². The molecule has 0 fully saturated rings. The Hall–Kier alpha value is -1.55. The Labute approximate surface area is 179 Å². The first-order valence-corrected chi connectivity index (χ1v) is 13.8.